The summed E-state index contributed by atoms with van der Waals surface area (Å²) in [6.45, 7) is 2.26. The van der Waals surface area contributed by atoms with Crippen LogP contribution in [-0.2, 0) is 15.1 Å². The summed E-state index contributed by atoms with van der Waals surface area (Å²) in [5.74, 6) is 0.341. The molecule has 6 aromatic carbocycles. The molecule has 0 radical (unpaired) electrons. The Balaban J connectivity index is 1.08. The van der Waals surface area contributed by atoms with E-state index in [1.54, 1.807) is 0 Å². The number of benzene rings is 6. The van der Waals surface area contributed by atoms with Gasteiger partial charge in [-0.15, -0.1) is 0 Å². The maximum absolute atomic E-state index is 13.7. The average molecular weight is 798 g/mol. The molecule has 7 heteroatoms. The Morgan fingerprint density at radius 2 is 1.30 bits per heavy atom. The first-order chi connectivity index (χ1) is 29.3. The number of rotatable bonds is 12. The van der Waals surface area contributed by atoms with Crippen LogP contribution in [0.25, 0.3) is 28.0 Å². The number of carbonyl (C=O) groups is 3. The summed E-state index contributed by atoms with van der Waals surface area (Å²) in [6, 6.07) is 41.2. The Hall–Kier alpha value is -6.47. The van der Waals surface area contributed by atoms with Gasteiger partial charge in [-0.05, 0) is 103 Å². The third kappa shape index (κ3) is 7.96. The molecule has 0 aromatic heterocycles. The lowest BCUT2D eigenvalue weighted by Gasteiger charge is -2.37. The molecule has 6 aromatic rings. The molecule has 1 N–H and O–H groups in total. The molecular weight excluding hydrogens is 747 g/mol. The summed E-state index contributed by atoms with van der Waals surface area (Å²) >= 11 is 0. The summed E-state index contributed by atoms with van der Waals surface area (Å²) in [4.78, 5) is 40.6. The number of esters is 2. The summed E-state index contributed by atoms with van der Waals surface area (Å²) in [7, 11) is 2.58. The van der Waals surface area contributed by atoms with E-state index in [9.17, 15) is 14.4 Å². The summed E-state index contributed by atoms with van der Waals surface area (Å²) in [5, 5.41) is 4.16. The van der Waals surface area contributed by atoms with Gasteiger partial charge >= 0.3 is 11.9 Å². The van der Waals surface area contributed by atoms with Gasteiger partial charge in [0.2, 0.25) is 0 Å². The van der Waals surface area contributed by atoms with Gasteiger partial charge in [0.05, 0.1) is 25.3 Å². The lowest BCUT2D eigenvalue weighted by molar-refractivity contribution is 0.0555. The molecule has 1 amide bonds. The fourth-order valence-corrected chi connectivity index (χ4v) is 9.12. The number of unbranched alkanes of at least 4 members (excludes halogenated alkanes) is 2. The molecule has 0 spiro atoms. The van der Waals surface area contributed by atoms with Gasteiger partial charge in [-0.25, -0.2) is 9.59 Å². The number of fused-ring (bicyclic) bond motifs is 3. The lowest BCUT2D eigenvalue weighted by Crippen LogP contribution is -2.35. The number of amides is 1. The highest BCUT2D eigenvalue weighted by molar-refractivity contribution is 6.17. The van der Waals surface area contributed by atoms with Crippen molar-refractivity contribution in [3.05, 3.63) is 172 Å². The molecule has 0 unspecified atom stereocenters. The molecule has 0 atom stereocenters. The minimum atomic E-state index is -1.03. The van der Waals surface area contributed by atoms with Crippen LogP contribution in [0.3, 0.4) is 0 Å². The van der Waals surface area contributed by atoms with E-state index < -0.39 is 17.5 Å². The van der Waals surface area contributed by atoms with Crippen molar-refractivity contribution in [2.45, 2.75) is 69.8 Å². The van der Waals surface area contributed by atoms with E-state index in [2.05, 4.69) is 24.4 Å². The van der Waals surface area contributed by atoms with Crippen LogP contribution in [0.15, 0.2) is 133 Å². The molecule has 304 valence electrons. The first-order valence-corrected chi connectivity index (χ1v) is 21.1. The van der Waals surface area contributed by atoms with Crippen molar-refractivity contribution < 1.29 is 28.6 Å². The highest BCUT2D eigenvalue weighted by Crippen LogP contribution is 2.48. The van der Waals surface area contributed by atoms with Gasteiger partial charge in [0, 0.05) is 38.7 Å². The Kier molecular flexibility index (Phi) is 12.0. The predicted molar refractivity (Wildman–Crippen MR) is 239 cm³/mol. The second-order valence-electron chi connectivity index (χ2n) is 16.0. The smallest absolute Gasteiger partial charge is 0.339 e. The molecule has 2 aliphatic rings. The van der Waals surface area contributed by atoms with Crippen LogP contribution in [0, 0.1) is 5.92 Å². The molecule has 1 heterocycles. The third-order valence-electron chi connectivity index (χ3n) is 12.4. The van der Waals surface area contributed by atoms with Crippen molar-refractivity contribution >= 4 is 40.4 Å². The van der Waals surface area contributed by atoms with Gasteiger partial charge < -0.3 is 19.5 Å². The van der Waals surface area contributed by atoms with E-state index in [1.165, 1.54) is 71.1 Å². The molecule has 7 nitrogen and oxygen atoms in total. The number of methoxy groups -OCH3 is 2. The zero-order valence-corrected chi connectivity index (χ0v) is 34.5. The van der Waals surface area contributed by atoms with E-state index in [-0.39, 0.29) is 17.0 Å². The number of hydrogen-bond donors (Lipinski definition) is 1. The molecule has 1 aliphatic carbocycles. The number of nitrogens with one attached hydrogen (secondary N) is 1. The fourth-order valence-electron chi connectivity index (χ4n) is 9.12. The van der Waals surface area contributed by atoms with Crippen molar-refractivity contribution in [1.82, 2.24) is 0 Å². The highest BCUT2D eigenvalue weighted by Gasteiger charge is 2.40. The normalized spacial score (nSPS) is 16.6. The van der Waals surface area contributed by atoms with Crippen molar-refractivity contribution in [2.75, 3.05) is 19.5 Å². The van der Waals surface area contributed by atoms with Crippen LogP contribution < -0.4 is 10.1 Å². The third-order valence-corrected chi connectivity index (χ3v) is 12.4. The van der Waals surface area contributed by atoms with Gasteiger partial charge in [-0.3, -0.25) is 4.79 Å². The summed E-state index contributed by atoms with van der Waals surface area (Å²) in [5.41, 5.74) is 5.57. The first kappa shape index (κ1) is 40.3. The number of hydrogen-bond acceptors (Lipinski definition) is 6. The van der Waals surface area contributed by atoms with Crippen molar-refractivity contribution in [2.24, 2.45) is 5.92 Å². The summed E-state index contributed by atoms with van der Waals surface area (Å²) < 4.78 is 17.7. The van der Waals surface area contributed by atoms with E-state index in [0.29, 0.717) is 39.3 Å². The maximum Gasteiger partial charge on any atom is 0.339 e. The van der Waals surface area contributed by atoms with Gasteiger partial charge in [0.1, 0.15) is 5.75 Å². The van der Waals surface area contributed by atoms with Gasteiger partial charge in [-0.1, -0.05) is 124 Å². The van der Waals surface area contributed by atoms with Crippen LogP contribution in [-0.4, -0.2) is 32.1 Å². The predicted octanol–water partition coefficient (Wildman–Crippen LogP) is 12.5. The minimum Gasteiger partial charge on any atom is -0.472 e. The van der Waals surface area contributed by atoms with Crippen LogP contribution in [0.2, 0.25) is 0 Å². The topological polar surface area (TPSA) is 90.9 Å². The van der Waals surface area contributed by atoms with Gasteiger partial charge in [-0.2, -0.15) is 0 Å². The zero-order valence-electron chi connectivity index (χ0n) is 34.5. The fraction of sp³-hybridized carbons (Fsp3) is 0.264. The molecule has 60 heavy (non-hydrogen) atoms. The molecule has 0 bridgehead atoms. The van der Waals surface area contributed by atoms with Gasteiger partial charge in [0.15, 0.2) is 5.60 Å². The molecule has 1 fully saturated rings. The lowest BCUT2D eigenvalue weighted by atomic mass is 9.77. The van der Waals surface area contributed by atoms with E-state index in [1.807, 2.05) is 127 Å². The Morgan fingerprint density at radius 3 is 1.92 bits per heavy atom. The average Bonchev–Trinajstić information content (AvgIpc) is 3.31. The van der Waals surface area contributed by atoms with Crippen molar-refractivity contribution in [3.8, 4) is 16.9 Å². The number of anilines is 1. The van der Waals surface area contributed by atoms with Gasteiger partial charge in [0.25, 0.3) is 5.91 Å². The Labute approximate surface area is 352 Å². The molecule has 1 saturated carbocycles. The number of ether oxygens (including phenoxy) is 3. The second-order valence-corrected chi connectivity index (χ2v) is 16.0. The molecule has 0 saturated heterocycles. The molecule has 1 aliphatic heterocycles. The SMILES string of the molecule is CCCCC[C@H]1CC[C@H](c2ccc(C(=O)Nc3ccc(-c4ccc5c6c(c(C(=O)OC)c(C(=O)OC)c5c4)C=CC(c4ccccc4)(c4ccccc4)O6)cc3)cc2)CC1. The minimum absolute atomic E-state index is 0.0613. The second kappa shape index (κ2) is 17.8. The van der Waals surface area contributed by atoms with Crippen LogP contribution in [0.4, 0.5) is 5.69 Å². The molecular formula is C53H51NO6. The van der Waals surface area contributed by atoms with E-state index in [4.69, 9.17) is 14.2 Å². The van der Waals surface area contributed by atoms with Crippen LogP contribution >= 0.6 is 0 Å². The largest absolute Gasteiger partial charge is 0.472 e. The van der Waals surface area contributed by atoms with Crippen LogP contribution in [0.1, 0.15) is 118 Å². The standard InChI is InChI=1S/C53H51NO6/c1-4-5-8-13-35-18-20-36(21-19-35)37-22-24-39(25-23-37)50(55)54-43-29-26-38(27-30-43)40-28-31-44-46(34-40)48(52(57)59-3)47(51(56)58-2)45-32-33-53(60-49(44)45,41-14-9-6-10-15-41)42-16-11-7-12-17-42/h6-7,9-12,14-17,22-36H,4-5,8,13,18-21H2,1-3H3,(H,54,55)/t35-,36-. The monoisotopic (exact) mass is 797 g/mol. The molecule has 8 rings (SSSR count). The van der Waals surface area contributed by atoms with Crippen molar-refractivity contribution in [3.63, 3.8) is 0 Å². The zero-order chi connectivity index (χ0) is 41.6. The van der Waals surface area contributed by atoms with E-state index in [0.717, 1.165) is 28.2 Å². The maximum atomic E-state index is 13.7. The van der Waals surface area contributed by atoms with Crippen LogP contribution in [0.5, 0.6) is 5.75 Å². The number of carbonyl (C=O) groups excluding carboxylic acids is 3. The van der Waals surface area contributed by atoms with E-state index >= 15 is 0 Å². The highest BCUT2D eigenvalue weighted by atomic mass is 16.5. The van der Waals surface area contributed by atoms with Crippen molar-refractivity contribution in [1.29, 1.82) is 0 Å². The summed E-state index contributed by atoms with van der Waals surface area (Å²) in [6.07, 6.45) is 14.1. The quantitative estimate of drug-likeness (QED) is 0.0979. The Bertz CT molecular complexity index is 2480. The first-order valence-electron chi connectivity index (χ1n) is 21.1. The Morgan fingerprint density at radius 1 is 0.683 bits per heavy atom.